The van der Waals surface area contributed by atoms with Gasteiger partial charge in [-0.25, -0.2) is 14.8 Å². The number of hydrogen-bond donors (Lipinski definition) is 0. The average molecular weight is 470 g/mol. The Labute approximate surface area is 195 Å². The summed E-state index contributed by atoms with van der Waals surface area (Å²) in [4.78, 5) is 29.2. The molecular weight excluding hydrogens is 446 g/mol. The molecule has 0 atom stereocenters. The molecule has 2 heterocycles. The largest absolute Gasteiger partial charge is 0.488 e. The van der Waals surface area contributed by atoms with Crippen LogP contribution in [0, 0.1) is 6.92 Å². The van der Waals surface area contributed by atoms with E-state index in [0.717, 1.165) is 5.56 Å². The van der Waals surface area contributed by atoms with E-state index in [9.17, 15) is 4.79 Å². The standard InChI is InChI=1S/C22H23N5O5S/c1-6-31-17-11-15(12-23-20(17)29-3)18(21(33-5)26-22(28)30-4)25-16-9-7-14(8-10-16)19-24-13(2)32-27-19/h7-12H,6H2,1-5H3/b25-18?,26-21-. The van der Waals surface area contributed by atoms with Gasteiger partial charge in [-0.2, -0.15) is 9.98 Å². The Bertz CT molecular complexity index is 1170. The zero-order valence-electron chi connectivity index (χ0n) is 18.9. The quantitative estimate of drug-likeness (QED) is 0.364. The summed E-state index contributed by atoms with van der Waals surface area (Å²) in [6, 6.07) is 9.01. The molecule has 0 aliphatic heterocycles. The number of hydrogen-bond acceptors (Lipinski definition) is 10. The SMILES string of the molecule is CCOc1cc(C(=Nc2ccc(-c3noc(C)n3)cc2)/C(=N/C(=O)OC)SC)cnc1OC. The van der Waals surface area contributed by atoms with Gasteiger partial charge in [0.15, 0.2) is 5.75 Å². The van der Waals surface area contributed by atoms with Crippen molar-refractivity contribution in [1.29, 1.82) is 0 Å². The third-order valence-corrected chi connectivity index (χ3v) is 4.91. The molecular formula is C22H23N5O5S. The van der Waals surface area contributed by atoms with E-state index in [2.05, 4.69) is 20.1 Å². The van der Waals surface area contributed by atoms with Gasteiger partial charge < -0.3 is 18.7 Å². The van der Waals surface area contributed by atoms with Crippen LogP contribution in [-0.4, -0.2) is 59.1 Å². The van der Waals surface area contributed by atoms with E-state index in [1.165, 1.54) is 26.0 Å². The molecule has 10 nitrogen and oxygen atoms in total. The lowest BCUT2D eigenvalue weighted by atomic mass is 10.1. The van der Waals surface area contributed by atoms with Crippen molar-refractivity contribution in [2.45, 2.75) is 13.8 Å². The Morgan fingerprint density at radius 1 is 1.21 bits per heavy atom. The molecule has 11 heteroatoms. The van der Waals surface area contributed by atoms with Crippen molar-refractivity contribution in [3.8, 4) is 23.0 Å². The third-order valence-electron chi connectivity index (χ3n) is 4.24. The van der Waals surface area contributed by atoms with Crippen LogP contribution in [0.2, 0.25) is 0 Å². The van der Waals surface area contributed by atoms with Crippen molar-refractivity contribution >= 4 is 34.3 Å². The molecule has 172 valence electrons. The normalized spacial score (nSPS) is 11.9. The number of carbonyl (C=O) groups excluding carboxylic acids is 1. The Morgan fingerprint density at radius 3 is 2.55 bits per heavy atom. The molecule has 0 radical (unpaired) electrons. The van der Waals surface area contributed by atoms with Crippen molar-refractivity contribution in [1.82, 2.24) is 15.1 Å². The minimum Gasteiger partial charge on any atom is -0.488 e. The number of nitrogens with zero attached hydrogens (tertiary/aromatic N) is 5. The Kier molecular flexibility index (Phi) is 8.14. The highest BCUT2D eigenvalue weighted by atomic mass is 32.2. The molecule has 0 fully saturated rings. The van der Waals surface area contributed by atoms with E-state index in [1.54, 1.807) is 37.6 Å². The van der Waals surface area contributed by atoms with E-state index < -0.39 is 6.09 Å². The second kappa shape index (κ2) is 11.2. The molecule has 1 aromatic carbocycles. The maximum atomic E-state index is 11.9. The van der Waals surface area contributed by atoms with Gasteiger partial charge in [-0.15, -0.1) is 11.8 Å². The summed E-state index contributed by atoms with van der Waals surface area (Å²) in [7, 11) is 2.78. The highest BCUT2D eigenvalue weighted by Gasteiger charge is 2.18. The number of aromatic nitrogens is 3. The molecule has 2 aromatic heterocycles. The Hall–Kier alpha value is -3.73. The molecule has 1 amide bonds. The third kappa shape index (κ3) is 5.95. The molecule has 3 aromatic rings. The zero-order valence-corrected chi connectivity index (χ0v) is 19.7. The number of rotatable bonds is 7. The molecule has 0 unspecified atom stereocenters. The van der Waals surface area contributed by atoms with Crippen LogP contribution < -0.4 is 9.47 Å². The van der Waals surface area contributed by atoms with Gasteiger partial charge >= 0.3 is 6.09 Å². The molecule has 0 saturated heterocycles. The first-order valence-electron chi connectivity index (χ1n) is 9.86. The lowest BCUT2D eigenvalue weighted by Crippen LogP contribution is -2.15. The fraction of sp³-hybridized carbons (Fsp3) is 0.273. The maximum Gasteiger partial charge on any atom is 0.434 e. The molecule has 0 aliphatic carbocycles. The van der Waals surface area contributed by atoms with Gasteiger partial charge in [0.25, 0.3) is 5.88 Å². The van der Waals surface area contributed by atoms with Crippen LogP contribution in [0.4, 0.5) is 10.5 Å². The smallest absolute Gasteiger partial charge is 0.434 e. The van der Waals surface area contributed by atoms with Gasteiger partial charge in [0, 0.05) is 24.2 Å². The molecule has 33 heavy (non-hydrogen) atoms. The highest BCUT2D eigenvalue weighted by Crippen LogP contribution is 2.28. The van der Waals surface area contributed by atoms with Gasteiger partial charge in [0.05, 0.1) is 26.5 Å². The fourth-order valence-electron chi connectivity index (χ4n) is 2.76. The first-order chi connectivity index (χ1) is 16.0. The summed E-state index contributed by atoms with van der Waals surface area (Å²) < 4.78 is 20.7. The van der Waals surface area contributed by atoms with Crippen LogP contribution in [0.3, 0.4) is 0 Å². The van der Waals surface area contributed by atoms with Gasteiger partial charge in [0.2, 0.25) is 11.7 Å². The summed E-state index contributed by atoms with van der Waals surface area (Å²) in [5, 5.41) is 4.28. The monoisotopic (exact) mass is 469 g/mol. The van der Waals surface area contributed by atoms with Crippen molar-refractivity contribution in [3.05, 3.63) is 48.0 Å². The lowest BCUT2D eigenvalue weighted by Gasteiger charge is -2.12. The van der Waals surface area contributed by atoms with Gasteiger partial charge in [-0.3, -0.25) is 0 Å². The number of carbonyl (C=O) groups is 1. The van der Waals surface area contributed by atoms with Crippen molar-refractivity contribution in [3.63, 3.8) is 0 Å². The number of benzene rings is 1. The predicted molar refractivity (Wildman–Crippen MR) is 126 cm³/mol. The molecule has 0 N–H and O–H groups in total. The predicted octanol–water partition coefficient (Wildman–Crippen LogP) is 4.50. The van der Waals surface area contributed by atoms with E-state index in [0.29, 0.717) is 52.0 Å². The Morgan fingerprint density at radius 2 is 1.97 bits per heavy atom. The number of thioether (sulfide) groups is 1. The van der Waals surface area contributed by atoms with E-state index in [-0.39, 0.29) is 0 Å². The van der Waals surface area contributed by atoms with Crippen molar-refractivity contribution in [2.75, 3.05) is 27.1 Å². The van der Waals surface area contributed by atoms with E-state index in [1.807, 2.05) is 19.1 Å². The molecule has 0 bridgehead atoms. The van der Waals surface area contributed by atoms with Crippen LogP contribution in [0.25, 0.3) is 11.4 Å². The van der Waals surface area contributed by atoms with Crippen LogP contribution in [0.5, 0.6) is 11.6 Å². The number of aliphatic imine (C=N–C) groups is 2. The number of pyridine rings is 1. The summed E-state index contributed by atoms with van der Waals surface area (Å²) in [5.74, 6) is 1.76. The van der Waals surface area contributed by atoms with Gasteiger partial charge in [-0.05, 0) is 43.5 Å². The molecule has 0 saturated carbocycles. The summed E-state index contributed by atoms with van der Waals surface area (Å²) in [5.41, 5.74) is 2.42. The first-order valence-corrected chi connectivity index (χ1v) is 11.1. The van der Waals surface area contributed by atoms with Crippen LogP contribution in [0.15, 0.2) is 51.0 Å². The van der Waals surface area contributed by atoms with Gasteiger partial charge in [0.1, 0.15) is 10.8 Å². The van der Waals surface area contributed by atoms with Crippen LogP contribution in [0.1, 0.15) is 18.4 Å². The number of amides is 1. The topological polar surface area (TPSA) is 121 Å². The van der Waals surface area contributed by atoms with Crippen molar-refractivity contribution < 1.29 is 23.5 Å². The van der Waals surface area contributed by atoms with Gasteiger partial charge in [-0.1, -0.05) is 5.16 Å². The number of methoxy groups -OCH3 is 2. The van der Waals surface area contributed by atoms with Crippen molar-refractivity contribution in [2.24, 2.45) is 9.98 Å². The summed E-state index contributed by atoms with van der Waals surface area (Å²) >= 11 is 1.25. The average Bonchev–Trinajstić information content (AvgIpc) is 3.27. The molecule has 0 spiro atoms. The Balaban J connectivity index is 2.09. The minimum atomic E-state index is -0.735. The minimum absolute atomic E-state index is 0.343. The highest BCUT2D eigenvalue weighted by molar-refractivity contribution is 8.15. The molecule has 3 rings (SSSR count). The summed E-state index contributed by atoms with van der Waals surface area (Å²) in [6.45, 7) is 4.02. The van der Waals surface area contributed by atoms with E-state index in [4.69, 9.17) is 23.7 Å². The second-order valence-corrected chi connectivity index (χ2v) is 7.19. The van der Waals surface area contributed by atoms with Crippen LogP contribution in [-0.2, 0) is 4.74 Å². The summed E-state index contributed by atoms with van der Waals surface area (Å²) in [6.07, 6.45) is 2.64. The number of ether oxygens (including phenoxy) is 3. The zero-order chi connectivity index (χ0) is 23.8. The lowest BCUT2D eigenvalue weighted by molar-refractivity contribution is 0.183. The second-order valence-electron chi connectivity index (χ2n) is 6.40. The maximum absolute atomic E-state index is 11.9. The fourth-order valence-corrected chi connectivity index (χ4v) is 3.29. The molecule has 0 aliphatic rings. The number of aryl methyl sites for hydroxylation is 1. The first kappa shape index (κ1) is 23.9. The van der Waals surface area contributed by atoms with E-state index >= 15 is 0 Å². The van der Waals surface area contributed by atoms with Crippen LogP contribution >= 0.6 is 11.8 Å².